The maximum Gasteiger partial charge on any atom is 0.272 e. The highest BCUT2D eigenvalue weighted by atomic mass is 16.5. The Balaban J connectivity index is 1.35. The lowest BCUT2D eigenvalue weighted by Crippen LogP contribution is -2.26. The second-order valence-corrected chi connectivity index (χ2v) is 6.69. The van der Waals surface area contributed by atoms with E-state index >= 15 is 0 Å². The van der Waals surface area contributed by atoms with Crippen LogP contribution in [0.15, 0.2) is 24.4 Å². The quantitative estimate of drug-likeness (QED) is 0.715. The van der Waals surface area contributed by atoms with Gasteiger partial charge in [0.05, 0.1) is 18.3 Å². The summed E-state index contributed by atoms with van der Waals surface area (Å²) in [5, 5.41) is 13.0. The van der Waals surface area contributed by atoms with Crippen LogP contribution in [0.25, 0.3) is 10.9 Å². The summed E-state index contributed by atoms with van der Waals surface area (Å²) in [6.45, 7) is 6.80. The van der Waals surface area contributed by atoms with E-state index in [1.807, 2.05) is 23.9 Å². The van der Waals surface area contributed by atoms with Gasteiger partial charge in [0.2, 0.25) is 5.88 Å². The van der Waals surface area contributed by atoms with E-state index in [1.165, 1.54) is 10.9 Å². The van der Waals surface area contributed by atoms with Crippen molar-refractivity contribution in [2.45, 2.75) is 39.8 Å². The summed E-state index contributed by atoms with van der Waals surface area (Å²) in [4.78, 5) is 12.4. The summed E-state index contributed by atoms with van der Waals surface area (Å²) >= 11 is 0. The molecule has 7 nitrogen and oxygen atoms in total. The van der Waals surface area contributed by atoms with Gasteiger partial charge in [-0.25, -0.2) is 4.68 Å². The minimum atomic E-state index is -0.144. The number of nitrogens with zero attached hydrogens (tertiary/aromatic N) is 4. The van der Waals surface area contributed by atoms with Gasteiger partial charge in [-0.3, -0.25) is 9.48 Å². The van der Waals surface area contributed by atoms with Gasteiger partial charge in [-0.15, -0.1) is 0 Å². The molecule has 1 aliphatic rings. The number of ether oxygens (including phenoxy) is 1. The van der Waals surface area contributed by atoms with Gasteiger partial charge in [0.15, 0.2) is 5.69 Å². The number of carbonyl (C=O) groups excluding carboxylic acids is 1. The van der Waals surface area contributed by atoms with E-state index in [2.05, 4.69) is 34.6 Å². The number of carbonyl (C=O) groups is 1. The first-order chi connectivity index (χ1) is 12.6. The molecule has 1 aromatic carbocycles. The van der Waals surface area contributed by atoms with E-state index in [-0.39, 0.29) is 5.91 Å². The molecule has 1 amide bonds. The van der Waals surface area contributed by atoms with Crippen LogP contribution < -0.4 is 10.1 Å². The molecule has 1 N–H and O–H groups in total. The standard InChI is InChI=1S/C19H23N5O2/c1-13-6-3-7-16-15(13)12-21-23(16)9-4-8-20-18(25)17-14(2)19-24(22-17)10-5-11-26-19/h3,6-7,12H,4-5,8-11H2,1-2H3,(H,20,25). The van der Waals surface area contributed by atoms with Crippen molar-refractivity contribution in [2.24, 2.45) is 0 Å². The third-order valence-corrected chi connectivity index (χ3v) is 4.84. The molecule has 0 saturated carbocycles. The number of hydrogen-bond donors (Lipinski definition) is 1. The van der Waals surface area contributed by atoms with Crippen LogP contribution in [0.2, 0.25) is 0 Å². The fourth-order valence-electron chi connectivity index (χ4n) is 3.41. The molecule has 0 spiro atoms. The van der Waals surface area contributed by atoms with Gasteiger partial charge in [-0.1, -0.05) is 12.1 Å². The first-order valence-electron chi connectivity index (χ1n) is 9.04. The van der Waals surface area contributed by atoms with Crippen LogP contribution in [-0.2, 0) is 13.1 Å². The number of hydrogen-bond acceptors (Lipinski definition) is 4. The maximum absolute atomic E-state index is 12.4. The lowest BCUT2D eigenvalue weighted by atomic mass is 10.1. The summed E-state index contributed by atoms with van der Waals surface area (Å²) in [6.07, 6.45) is 3.63. The Morgan fingerprint density at radius 2 is 2.23 bits per heavy atom. The van der Waals surface area contributed by atoms with Gasteiger partial charge in [-0.05, 0) is 31.9 Å². The molecular formula is C19H23N5O2. The van der Waals surface area contributed by atoms with E-state index in [9.17, 15) is 4.79 Å². The molecule has 0 bridgehead atoms. The Morgan fingerprint density at radius 1 is 1.35 bits per heavy atom. The van der Waals surface area contributed by atoms with Crippen molar-refractivity contribution >= 4 is 16.8 Å². The SMILES string of the molecule is Cc1c(C(=O)NCCCn2ncc3c(C)cccc32)nn2c1OCCC2. The van der Waals surface area contributed by atoms with E-state index in [0.717, 1.165) is 42.9 Å². The predicted molar refractivity (Wildman–Crippen MR) is 98.5 cm³/mol. The molecule has 7 heteroatoms. The molecule has 26 heavy (non-hydrogen) atoms. The molecule has 0 fully saturated rings. The zero-order valence-electron chi connectivity index (χ0n) is 15.2. The van der Waals surface area contributed by atoms with Crippen LogP contribution in [0.5, 0.6) is 5.88 Å². The number of aryl methyl sites for hydroxylation is 3. The van der Waals surface area contributed by atoms with Crippen molar-refractivity contribution in [1.29, 1.82) is 0 Å². The van der Waals surface area contributed by atoms with Crippen molar-refractivity contribution < 1.29 is 9.53 Å². The van der Waals surface area contributed by atoms with E-state index < -0.39 is 0 Å². The normalized spacial score (nSPS) is 13.5. The van der Waals surface area contributed by atoms with E-state index in [0.29, 0.717) is 18.8 Å². The number of fused-ring (bicyclic) bond motifs is 2. The molecule has 0 atom stereocenters. The molecule has 3 aromatic rings. The number of amides is 1. The summed E-state index contributed by atoms with van der Waals surface area (Å²) in [5.74, 6) is 0.578. The van der Waals surface area contributed by atoms with Crippen LogP contribution in [0.3, 0.4) is 0 Å². The molecule has 1 aliphatic heterocycles. The third kappa shape index (κ3) is 2.94. The predicted octanol–water partition coefficient (Wildman–Crippen LogP) is 2.45. The maximum atomic E-state index is 12.4. The highest BCUT2D eigenvalue weighted by Gasteiger charge is 2.22. The molecule has 4 rings (SSSR count). The van der Waals surface area contributed by atoms with Crippen LogP contribution in [-0.4, -0.2) is 38.6 Å². The van der Waals surface area contributed by atoms with Gasteiger partial charge in [-0.2, -0.15) is 10.2 Å². The average Bonchev–Trinajstić information content (AvgIpc) is 3.21. The Morgan fingerprint density at radius 3 is 3.08 bits per heavy atom. The van der Waals surface area contributed by atoms with Gasteiger partial charge in [0.1, 0.15) is 0 Å². The lowest BCUT2D eigenvalue weighted by Gasteiger charge is -2.14. The third-order valence-electron chi connectivity index (χ3n) is 4.84. The molecule has 3 heterocycles. The number of nitrogens with one attached hydrogen (secondary N) is 1. The Hall–Kier alpha value is -2.83. The molecule has 0 saturated heterocycles. The first-order valence-corrected chi connectivity index (χ1v) is 9.04. The molecule has 0 aliphatic carbocycles. The van der Waals surface area contributed by atoms with Gasteiger partial charge < -0.3 is 10.1 Å². The summed E-state index contributed by atoms with van der Waals surface area (Å²) in [7, 11) is 0. The first kappa shape index (κ1) is 16.6. The second kappa shape index (κ2) is 6.82. The Labute approximate surface area is 151 Å². The number of rotatable bonds is 5. The highest BCUT2D eigenvalue weighted by molar-refractivity contribution is 5.94. The van der Waals surface area contributed by atoms with Crippen molar-refractivity contribution in [3.05, 3.63) is 41.2 Å². The zero-order valence-corrected chi connectivity index (χ0v) is 15.2. The van der Waals surface area contributed by atoms with E-state index in [1.54, 1.807) is 4.68 Å². The van der Waals surface area contributed by atoms with Crippen LogP contribution in [0, 0.1) is 13.8 Å². The number of benzene rings is 1. The minimum Gasteiger partial charge on any atom is -0.478 e. The van der Waals surface area contributed by atoms with Crippen molar-refractivity contribution in [3.63, 3.8) is 0 Å². The fraction of sp³-hybridized carbons (Fsp3) is 0.421. The molecule has 0 radical (unpaired) electrons. The van der Waals surface area contributed by atoms with Crippen LogP contribution >= 0.6 is 0 Å². The van der Waals surface area contributed by atoms with Crippen LogP contribution in [0.1, 0.15) is 34.5 Å². The summed E-state index contributed by atoms with van der Waals surface area (Å²) in [6, 6.07) is 6.21. The van der Waals surface area contributed by atoms with Gasteiger partial charge in [0, 0.05) is 37.0 Å². The lowest BCUT2D eigenvalue weighted by molar-refractivity contribution is 0.0946. The molecule has 2 aromatic heterocycles. The monoisotopic (exact) mass is 353 g/mol. The van der Waals surface area contributed by atoms with Gasteiger partial charge in [0.25, 0.3) is 5.91 Å². The Kier molecular flexibility index (Phi) is 4.36. The zero-order chi connectivity index (χ0) is 18.1. The molecular weight excluding hydrogens is 330 g/mol. The average molecular weight is 353 g/mol. The fourth-order valence-corrected chi connectivity index (χ4v) is 3.41. The minimum absolute atomic E-state index is 0.144. The summed E-state index contributed by atoms with van der Waals surface area (Å²) < 4.78 is 9.39. The topological polar surface area (TPSA) is 74.0 Å². The van der Waals surface area contributed by atoms with Crippen LogP contribution in [0.4, 0.5) is 0 Å². The number of aromatic nitrogens is 4. The van der Waals surface area contributed by atoms with Crippen molar-refractivity contribution in [3.8, 4) is 5.88 Å². The molecule has 136 valence electrons. The van der Waals surface area contributed by atoms with Crippen molar-refractivity contribution in [1.82, 2.24) is 24.9 Å². The summed E-state index contributed by atoms with van der Waals surface area (Å²) in [5.41, 5.74) is 3.63. The van der Waals surface area contributed by atoms with Gasteiger partial charge >= 0.3 is 0 Å². The van der Waals surface area contributed by atoms with E-state index in [4.69, 9.17) is 4.74 Å². The second-order valence-electron chi connectivity index (χ2n) is 6.69. The highest BCUT2D eigenvalue weighted by Crippen LogP contribution is 2.24. The smallest absolute Gasteiger partial charge is 0.272 e. The molecule has 0 unspecified atom stereocenters. The Bertz CT molecular complexity index is 956. The largest absolute Gasteiger partial charge is 0.478 e. The van der Waals surface area contributed by atoms with Crippen molar-refractivity contribution in [2.75, 3.05) is 13.2 Å².